The Hall–Kier alpha value is -3.22. The van der Waals surface area contributed by atoms with Crippen molar-refractivity contribution >= 4 is 28.0 Å². The average Bonchev–Trinajstić information content (AvgIpc) is 3.13. The van der Waals surface area contributed by atoms with Gasteiger partial charge in [0.15, 0.2) is 0 Å². The van der Waals surface area contributed by atoms with Crippen LogP contribution in [-0.2, 0) is 0 Å². The third kappa shape index (κ3) is 1.91. The molecule has 0 bridgehead atoms. The van der Waals surface area contributed by atoms with Gasteiger partial charge < -0.3 is 9.82 Å². The molecule has 0 unspecified atom stereocenters. The fourth-order valence-electron chi connectivity index (χ4n) is 2.11. The van der Waals surface area contributed by atoms with E-state index >= 15 is 0 Å². The fourth-order valence-corrected chi connectivity index (χ4v) is 2.11. The largest absolute Gasteiger partial charge is 0.365 e. The number of aromatic nitrogens is 5. The van der Waals surface area contributed by atoms with E-state index in [2.05, 4.69) is 20.3 Å². The van der Waals surface area contributed by atoms with Gasteiger partial charge in [-0.25, -0.2) is 9.78 Å². The number of aromatic amines is 1. The van der Waals surface area contributed by atoms with Crippen molar-refractivity contribution in [1.82, 2.24) is 25.1 Å². The molecule has 0 aliphatic heterocycles. The van der Waals surface area contributed by atoms with Crippen molar-refractivity contribution < 1.29 is 9.63 Å². The molecule has 0 amide bonds. The Bertz CT molecular complexity index is 956. The lowest BCUT2D eigenvalue weighted by Crippen LogP contribution is -2.21. The van der Waals surface area contributed by atoms with Crippen LogP contribution in [0.25, 0.3) is 22.1 Å². The van der Waals surface area contributed by atoms with Gasteiger partial charge in [-0.1, -0.05) is 6.07 Å². The summed E-state index contributed by atoms with van der Waals surface area (Å²) in [7, 11) is 0. The molecule has 1 N–H and O–H groups in total. The average molecular weight is 279 g/mol. The van der Waals surface area contributed by atoms with Crippen molar-refractivity contribution in [1.29, 1.82) is 0 Å². The molecule has 4 aromatic rings. The Morgan fingerprint density at radius 1 is 1.24 bits per heavy atom. The molecule has 4 rings (SSSR count). The summed E-state index contributed by atoms with van der Waals surface area (Å²) >= 11 is 0. The van der Waals surface area contributed by atoms with Gasteiger partial charge in [0.05, 0.1) is 5.56 Å². The lowest BCUT2D eigenvalue weighted by Gasteiger charge is -2.02. The number of carbonyl (C=O) groups excluding carboxylic acids is 1. The molecule has 102 valence electrons. The van der Waals surface area contributed by atoms with Crippen LogP contribution in [0.5, 0.6) is 0 Å². The molecule has 0 atom stereocenters. The summed E-state index contributed by atoms with van der Waals surface area (Å²) in [6, 6.07) is 10.7. The van der Waals surface area contributed by atoms with Crippen molar-refractivity contribution in [2.45, 2.75) is 0 Å². The number of benzene rings is 1. The van der Waals surface area contributed by atoms with Gasteiger partial charge in [-0.3, -0.25) is 0 Å². The van der Waals surface area contributed by atoms with Crippen molar-refractivity contribution in [3.05, 3.63) is 54.4 Å². The molecule has 0 aliphatic carbocycles. The van der Waals surface area contributed by atoms with Crippen LogP contribution in [0.3, 0.4) is 0 Å². The van der Waals surface area contributed by atoms with Gasteiger partial charge in [-0.15, -0.1) is 5.10 Å². The van der Waals surface area contributed by atoms with E-state index in [0.717, 1.165) is 15.7 Å². The molecule has 0 aliphatic rings. The highest BCUT2D eigenvalue weighted by atomic mass is 16.7. The van der Waals surface area contributed by atoms with E-state index in [1.807, 2.05) is 18.3 Å². The van der Waals surface area contributed by atoms with Gasteiger partial charge in [0.25, 0.3) is 0 Å². The molecule has 21 heavy (non-hydrogen) atoms. The summed E-state index contributed by atoms with van der Waals surface area (Å²) in [5.41, 5.74) is 2.24. The van der Waals surface area contributed by atoms with E-state index < -0.39 is 5.97 Å². The van der Waals surface area contributed by atoms with Crippen molar-refractivity contribution in [3.63, 3.8) is 0 Å². The van der Waals surface area contributed by atoms with Crippen LogP contribution in [-0.4, -0.2) is 31.1 Å². The number of hydrogen-bond acceptors (Lipinski definition) is 5. The maximum atomic E-state index is 12.2. The van der Waals surface area contributed by atoms with E-state index in [0.29, 0.717) is 16.7 Å². The molecule has 0 spiro atoms. The number of nitrogens with zero attached hydrogens (tertiary/aromatic N) is 4. The monoisotopic (exact) mass is 279 g/mol. The minimum absolute atomic E-state index is 0.395. The zero-order valence-corrected chi connectivity index (χ0v) is 10.7. The normalized spacial score (nSPS) is 11.0. The van der Waals surface area contributed by atoms with E-state index in [4.69, 9.17) is 4.84 Å². The van der Waals surface area contributed by atoms with Crippen LogP contribution in [0, 0.1) is 0 Å². The molecule has 0 saturated carbocycles. The Balaban J connectivity index is 1.68. The Labute approximate surface area is 118 Å². The molecule has 0 fully saturated rings. The van der Waals surface area contributed by atoms with E-state index in [-0.39, 0.29) is 0 Å². The number of pyridine rings is 1. The summed E-state index contributed by atoms with van der Waals surface area (Å²) in [6.45, 7) is 0. The molecule has 1 aromatic carbocycles. The van der Waals surface area contributed by atoms with Crippen LogP contribution in [0.2, 0.25) is 0 Å². The number of H-pyrrole nitrogens is 1. The quantitative estimate of drug-likeness (QED) is 0.563. The maximum absolute atomic E-state index is 12.2. The summed E-state index contributed by atoms with van der Waals surface area (Å²) in [5.74, 6) is -0.524. The van der Waals surface area contributed by atoms with Crippen LogP contribution >= 0.6 is 0 Å². The third-order valence-electron chi connectivity index (χ3n) is 3.14. The first-order chi connectivity index (χ1) is 10.3. The number of nitrogens with one attached hydrogen (secondary N) is 1. The summed E-state index contributed by atoms with van der Waals surface area (Å²) < 4.78 is 0. The zero-order chi connectivity index (χ0) is 14.2. The Morgan fingerprint density at radius 3 is 3.14 bits per heavy atom. The first kappa shape index (κ1) is 11.6. The van der Waals surface area contributed by atoms with Gasteiger partial charge in [0, 0.05) is 17.9 Å². The second-order valence-corrected chi connectivity index (χ2v) is 4.47. The molecule has 3 heterocycles. The van der Waals surface area contributed by atoms with Crippen molar-refractivity contribution in [2.75, 3.05) is 0 Å². The molecular weight excluding hydrogens is 270 g/mol. The van der Waals surface area contributed by atoms with Crippen LogP contribution in [0.1, 0.15) is 10.4 Å². The lowest BCUT2D eigenvalue weighted by atomic mass is 10.2. The Morgan fingerprint density at radius 2 is 2.19 bits per heavy atom. The fraction of sp³-hybridized carbons (Fsp3) is 0. The minimum atomic E-state index is -0.524. The van der Waals surface area contributed by atoms with E-state index in [9.17, 15) is 4.79 Å². The van der Waals surface area contributed by atoms with Gasteiger partial charge >= 0.3 is 5.97 Å². The van der Waals surface area contributed by atoms with Gasteiger partial charge in [-0.05, 0) is 45.8 Å². The molecule has 7 heteroatoms. The number of rotatable bonds is 2. The molecule has 0 radical (unpaired) electrons. The third-order valence-corrected chi connectivity index (χ3v) is 3.14. The maximum Gasteiger partial charge on any atom is 0.365 e. The number of hydrogen-bond donors (Lipinski definition) is 1. The zero-order valence-electron chi connectivity index (χ0n) is 10.7. The highest BCUT2D eigenvalue weighted by Gasteiger charge is 2.13. The molecule has 3 aromatic heterocycles. The highest BCUT2D eigenvalue weighted by Crippen LogP contribution is 2.14. The van der Waals surface area contributed by atoms with Gasteiger partial charge in [-0.2, -0.15) is 0 Å². The Kier molecular flexibility index (Phi) is 2.43. The second-order valence-electron chi connectivity index (χ2n) is 4.47. The first-order valence-electron chi connectivity index (χ1n) is 6.27. The summed E-state index contributed by atoms with van der Waals surface area (Å²) in [5, 5.41) is 8.67. The van der Waals surface area contributed by atoms with Crippen LogP contribution < -0.4 is 4.84 Å². The molecular formula is C14H9N5O2. The first-order valence-corrected chi connectivity index (χ1v) is 6.27. The highest BCUT2D eigenvalue weighted by molar-refractivity contribution is 5.94. The standard InChI is InChI=1S/C14H9N5O2/c20-14(10-4-3-9-5-7-15-12(9)8-10)21-19-13-11(17-18-19)2-1-6-16-13/h1-8,15H. The van der Waals surface area contributed by atoms with Crippen LogP contribution in [0.15, 0.2) is 48.8 Å². The van der Waals surface area contributed by atoms with Crippen molar-refractivity contribution in [3.8, 4) is 0 Å². The predicted molar refractivity (Wildman–Crippen MR) is 74.5 cm³/mol. The minimum Gasteiger partial charge on any atom is -0.361 e. The van der Waals surface area contributed by atoms with Crippen molar-refractivity contribution in [2.24, 2.45) is 0 Å². The number of carbonyl (C=O) groups is 1. The lowest BCUT2D eigenvalue weighted by molar-refractivity contribution is 0.0405. The summed E-state index contributed by atoms with van der Waals surface area (Å²) in [4.78, 5) is 25.5. The van der Waals surface area contributed by atoms with E-state index in [1.54, 1.807) is 30.5 Å². The smallest absolute Gasteiger partial charge is 0.361 e. The predicted octanol–water partition coefficient (Wildman–Crippen LogP) is 1.58. The van der Waals surface area contributed by atoms with E-state index in [1.165, 1.54) is 0 Å². The SMILES string of the molecule is O=C(On1nnc2cccnc21)c1ccc2cc[nH]c2c1. The second kappa shape index (κ2) is 4.41. The van der Waals surface area contributed by atoms with Crippen LogP contribution in [0.4, 0.5) is 0 Å². The van der Waals surface area contributed by atoms with Gasteiger partial charge in [0.1, 0.15) is 5.52 Å². The summed E-state index contributed by atoms with van der Waals surface area (Å²) in [6.07, 6.45) is 3.40. The topological polar surface area (TPSA) is 85.7 Å². The van der Waals surface area contributed by atoms with Gasteiger partial charge in [0.2, 0.25) is 5.65 Å². The molecule has 0 saturated heterocycles. The number of fused-ring (bicyclic) bond motifs is 2. The molecule has 7 nitrogen and oxygen atoms in total.